The minimum atomic E-state index is -0.112. The van der Waals surface area contributed by atoms with Crippen molar-refractivity contribution in [2.24, 2.45) is 0 Å². The predicted octanol–water partition coefficient (Wildman–Crippen LogP) is 2.26. The van der Waals surface area contributed by atoms with Gasteiger partial charge in [0.15, 0.2) is 6.29 Å². The van der Waals surface area contributed by atoms with Crippen LogP contribution in [0.25, 0.3) is 0 Å². The molecule has 90 valence electrons. The molecule has 17 heavy (non-hydrogen) atoms. The number of carbonyl (C=O) groups is 1. The monoisotopic (exact) mass is 232 g/mol. The molecule has 1 saturated heterocycles. The highest BCUT2D eigenvalue weighted by Gasteiger charge is 2.20. The summed E-state index contributed by atoms with van der Waals surface area (Å²) < 4.78 is 11.3. The Kier molecular flexibility index (Phi) is 2.85. The van der Waals surface area contributed by atoms with Gasteiger partial charge in [-0.05, 0) is 36.1 Å². The summed E-state index contributed by atoms with van der Waals surface area (Å²) in [5.41, 5.74) is 2.26. The van der Waals surface area contributed by atoms with Gasteiger partial charge in [-0.2, -0.15) is 0 Å². The third-order valence-corrected chi connectivity index (χ3v) is 3.36. The zero-order valence-corrected chi connectivity index (χ0v) is 9.78. The molecule has 0 amide bonds. The summed E-state index contributed by atoms with van der Waals surface area (Å²) in [7, 11) is 0. The fourth-order valence-corrected chi connectivity index (χ4v) is 2.46. The van der Waals surface area contributed by atoms with Crippen LogP contribution in [0.15, 0.2) is 18.2 Å². The normalized spacial score (nSPS) is 23.5. The summed E-state index contributed by atoms with van der Waals surface area (Å²) in [6.07, 6.45) is 4.26. The molecule has 0 bridgehead atoms. The minimum Gasteiger partial charge on any atom is -0.465 e. The summed E-state index contributed by atoms with van der Waals surface area (Å²) in [5.74, 6) is 1.12. The van der Waals surface area contributed by atoms with Crippen molar-refractivity contribution < 1.29 is 14.3 Å². The van der Waals surface area contributed by atoms with E-state index in [4.69, 9.17) is 9.47 Å². The molecule has 1 unspecified atom stereocenters. The van der Waals surface area contributed by atoms with Crippen LogP contribution in [0.4, 0.5) is 0 Å². The van der Waals surface area contributed by atoms with Gasteiger partial charge in [0.1, 0.15) is 11.5 Å². The molecular formula is C14H16O3. The molecule has 3 nitrogen and oxygen atoms in total. The maximum absolute atomic E-state index is 11.3. The van der Waals surface area contributed by atoms with E-state index in [0.29, 0.717) is 18.6 Å². The first-order valence-corrected chi connectivity index (χ1v) is 6.23. The van der Waals surface area contributed by atoms with Crippen molar-refractivity contribution in [3.63, 3.8) is 0 Å². The number of Topliss-reactive ketones (excluding diaryl/α,β-unsaturated/α-hetero) is 1. The van der Waals surface area contributed by atoms with Crippen LogP contribution >= 0.6 is 0 Å². The SMILES string of the molecule is O=C1Cc2ccc(OC3CCCCO3)cc2C1. The lowest BCUT2D eigenvalue weighted by atomic mass is 10.1. The van der Waals surface area contributed by atoms with Gasteiger partial charge in [0.05, 0.1) is 6.61 Å². The number of hydrogen-bond acceptors (Lipinski definition) is 3. The minimum absolute atomic E-state index is 0.112. The van der Waals surface area contributed by atoms with Gasteiger partial charge in [-0.1, -0.05) is 6.07 Å². The average Bonchev–Trinajstić information content (AvgIpc) is 2.70. The standard InChI is InChI=1S/C14H16O3/c15-12-7-10-4-5-13(9-11(10)8-12)17-14-3-1-2-6-16-14/h4-5,9,14H,1-3,6-8H2. The van der Waals surface area contributed by atoms with Crippen LogP contribution < -0.4 is 4.74 Å². The highest BCUT2D eigenvalue weighted by atomic mass is 16.7. The van der Waals surface area contributed by atoms with Crippen LogP contribution in [0.5, 0.6) is 5.75 Å². The summed E-state index contributed by atoms with van der Waals surface area (Å²) in [6, 6.07) is 5.92. The molecule has 3 heteroatoms. The lowest BCUT2D eigenvalue weighted by Crippen LogP contribution is -2.25. The average molecular weight is 232 g/mol. The van der Waals surface area contributed by atoms with Gasteiger partial charge >= 0.3 is 0 Å². The Balaban J connectivity index is 1.72. The number of rotatable bonds is 2. The van der Waals surface area contributed by atoms with Crippen molar-refractivity contribution in [2.45, 2.75) is 38.4 Å². The van der Waals surface area contributed by atoms with Gasteiger partial charge in [0.25, 0.3) is 0 Å². The van der Waals surface area contributed by atoms with Gasteiger partial charge in [-0.25, -0.2) is 0 Å². The number of fused-ring (bicyclic) bond motifs is 1. The third kappa shape index (κ3) is 2.34. The van der Waals surface area contributed by atoms with Gasteiger partial charge in [0.2, 0.25) is 0 Å². The first kappa shape index (κ1) is 10.8. The van der Waals surface area contributed by atoms with Crippen LogP contribution in [0, 0.1) is 0 Å². The molecule has 2 aliphatic rings. The van der Waals surface area contributed by atoms with E-state index in [1.165, 1.54) is 0 Å². The van der Waals surface area contributed by atoms with Crippen molar-refractivity contribution in [1.29, 1.82) is 0 Å². The number of hydrogen-bond donors (Lipinski definition) is 0. The van der Waals surface area contributed by atoms with Crippen molar-refractivity contribution in [3.8, 4) is 5.75 Å². The van der Waals surface area contributed by atoms with Crippen LogP contribution in [-0.4, -0.2) is 18.7 Å². The second kappa shape index (κ2) is 4.49. The highest BCUT2D eigenvalue weighted by Crippen LogP contribution is 2.26. The summed E-state index contributed by atoms with van der Waals surface area (Å²) in [5, 5.41) is 0. The lowest BCUT2D eigenvalue weighted by Gasteiger charge is -2.23. The third-order valence-electron chi connectivity index (χ3n) is 3.36. The largest absolute Gasteiger partial charge is 0.465 e. The van der Waals surface area contributed by atoms with Crippen LogP contribution in [0.3, 0.4) is 0 Å². The van der Waals surface area contributed by atoms with Crippen molar-refractivity contribution in [3.05, 3.63) is 29.3 Å². The smallest absolute Gasteiger partial charge is 0.199 e. The zero-order chi connectivity index (χ0) is 11.7. The van der Waals surface area contributed by atoms with Crippen LogP contribution in [0.1, 0.15) is 30.4 Å². The first-order chi connectivity index (χ1) is 8.31. The Hall–Kier alpha value is -1.35. The Morgan fingerprint density at radius 1 is 1.18 bits per heavy atom. The van der Waals surface area contributed by atoms with Crippen molar-refractivity contribution in [1.82, 2.24) is 0 Å². The molecule has 0 spiro atoms. The van der Waals surface area contributed by atoms with E-state index in [9.17, 15) is 4.79 Å². The number of ketones is 1. The Morgan fingerprint density at radius 3 is 2.88 bits per heavy atom. The highest BCUT2D eigenvalue weighted by molar-refractivity contribution is 5.88. The van der Waals surface area contributed by atoms with Gasteiger partial charge < -0.3 is 9.47 Å². The fourth-order valence-electron chi connectivity index (χ4n) is 2.46. The molecule has 0 radical (unpaired) electrons. The predicted molar refractivity (Wildman–Crippen MR) is 63.1 cm³/mol. The summed E-state index contributed by atoms with van der Waals surface area (Å²) in [6.45, 7) is 0.786. The van der Waals surface area contributed by atoms with E-state index in [2.05, 4.69) is 0 Å². The Labute approximate surface area is 101 Å². The van der Waals surface area contributed by atoms with E-state index < -0.39 is 0 Å². The second-order valence-corrected chi connectivity index (χ2v) is 4.74. The quantitative estimate of drug-likeness (QED) is 0.784. The molecule has 1 aromatic carbocycles. The molecule has 1 aliphatic heterocycles. The molecular weight excluding hydrogens is 216 g/mol. The fraction of sp³-hybridized carbons (Fsp3) is 0.500. The van der Waals surface area contributed by atoms with E-state index in [1.54, 1.807) is 0 Å². The Bertz CT molecular complexity index is 433. The molecule has 1 heterocycles. The summed E-state index contributed by atoms with van der Waals surface area (Å²) >= 11 is 0. The molecule has 1 aromatic rings. The van der Waals surface area contributed by atoms with Crippen molar-refractivity contribution in [2.75, 3.05) is 6.61 Å². The molecule has 3 rings (SSSR count). The molecule has 0 saturated carbocycles. The van der Waals surface area contributed by atoms with Gasteiger partial charge in [-0.15, -0.1) is 0 Å². The lowest BCUT2D eigenvalue weighted by molar-refractivity contribution is -0.117. The number of ether oxygens (including phenoxy) is 2. The van der Waals surface area contributed by atoms with Crippen molar-refractivity contribution >= 4 is 5.78 Å². The topological polar surface area (TPSA) is 35.5 Å². The molecule has 1 fully saturated rings. The van der Waals surface area contributed by atoms with Gasteiger partial charge in [-0.3, -0.25) is 4.79 Å². The maximum atomic E-state index is 11.3. The first-order valence-electron chi connectivity index (χ1n) is 6.23. The van der Waals surface area contributed by atoms with E-state index in [1.807, 2.05) is 18.2 Å². The summed E-state index contributed by atoms with van der Waals surface area (Å²) in [4.78, 5) is 11.3. The van der Waals surface area contributed by atoms with E-state index >= 15 is 0 Å². The number of carbonyl (C=O) groups excluding carboxylic acids is 1. The molecule has 1 aliphatic carbocycles. The molecule has 1 atom stereocenters. The van der Waals surface area contributed by atoms with Crippen LogP contribution in [0.2, 0.25) is 0 Å². The van der Waals surface area contributed by atoms with E-state index in [0.717, 1.165) is 42.7 Å². The molecule has 0 aromatic heterocycles. The van der Waals surface area contributed by atoms with E-state index in [-0.39, 0.29) is 6.29 Å². The number of benzene rings is 1. The van der Waals surface area contributed by atoms with Gasteiger partial charge in [0, 0.05) is 19.3 Å². The van der Waals surface area contributed by atoms with Crippen LogP contribution in [-0.2, 0) is 22.4 Å². The molecule has 0 N–H and O–H groups in total. The Morgan fingerprint density at radius 2 is 2.06 bits per heavy atom. The second-order valence-electron chi connectivity index (χ2n) is 4.74. The maximum Gasteiger partial charge on any atom is 0.199 e. The zero-order valence-electron chi connectivity index (χ0n) is 9.78.